The van der Waals surface area contributed by atoms with Crippen LogP contribution in [-0.4, -0.2) is 16.9 Å². The zero-order chi connectivity index (χ0) is 10.1. The Morgan fingerprint density at radius 1 is 1.27 bits per heavy atom. The van der Waals surface area contributed by atoms with Crippen molar-refractivity contribution < 1.29 is 0 Å². The molecule has 1 aromatic heterocycles. The molecule has 3 heteroatoms. The van der Waals surface area contributed by atoms with Crippen LogP contribution in [0, 0.1) is 0 Å². The summed E-state index contributed by atoms with van der Waals surface area (Å²) in [6.07, 6.45) is 9.99. The quantitative estimate of drug-likeness (QED) is 0.624. The lowest BCUT2D eigenvalue weighted by atomic mass is 9.99. The highest BCUT2D eigenvalue weighted by atomic mass is 14.8. The summed E-state index contributed by atoms with van der Waals surface area (Å²) in [5.41, 5.74) is 4.16. The molecule has 3 nitrogen and oxygen atoms in total. The minimum absolute atomic E-state index is 0.768. The number of pyridine rings is 1. The normalized spacial score (nSPS) is 17.3. The average Bonchev–Trinajstić information content (AvgIpc) is 2.50. The van der Waals surface area contributed by atoms with E-state index < -0.39 is 0 Å². The van der Waals surface area contributed by atoms with Crippen LogP contribution in [0.5, 0.6) is 0 Å². The first-order valence-corrected chi connectivity index (χ1v) is 4.85. The van der Waals surface area contributed by atoms with Crippen LogP contribution in [0.25, 0.3) is 6.08 Å². The summed E-state index contributed by atoms with van der Waals surface area (Å²) in [4.78, 5) is 13.0. The van der Waals surface area contributed by atoms with E-state index >= 15 is 0 Å². The van der Waals surface area contributed by atoms with Crippen molar-refractivity contribution in [2.45, 2.75) is 6.42 Å². The van der Waals surface area contributed by atoms with Crippen LogP contribution in [-0.2, 0) is 6.42 Å². The Morgan fingerprint density at radius 3 is 3.27 bits per heavy atom. The fourth-order valence-corrected chi connectivity index (χ4v) is 1.73. The lowest BCUT2D eigenvalue weighted by molar-refractivity contribution is 1.11. The van der Waals surface area contributed by atoms with E-state index in [0.717, 1.165) is 29.1 Å². The molecule has 0 radical (unpaired) electrons. The van der Waals surface area contributed by atoms with Crippen LogP contribution in [0.15, 0.2) is 46.3 Å². The first kappa shape index (κ1) is 8.29. The summed E-state index contributed by atoms with van der Waals surface area (Å²) < 4.78 is 0. The molecule has 0 spiro atoms. The number of rotatable bonds is 0. The molecule has 3 rings (SSSR count). The molecule has 0 saturated carbocycles. The molecular formula is C12H9N3. The Kier molecular flexibility index (Phi) is 1.81. The maximum atomic E-state index is 4.35. The largest absolute Gasteiger partial charge is 0.260 e. The Labute approximate surface area is 87.6 Å². The van der Waals surface area contributed by atoms with Crippen molar-refractivity contribution in [3.63, 3.8) is 0 Å². The predicted octanol–water partition coefficient (Wildman–Crippen LogP) is 2.02. The fourth-order valence-electron chi connectivity index (χ4n) is 1.73. The third-order valence-electron chi connectivity index (χ3n) is 2.46. The van der Waals surface area contributed by atoms with Crippen molar-refractivity contribution in [3.8, 4) is 0 Å². The van der Waals surface area contributed by atoms with Crippen LogP contribution in [0.4, 0.5) is 0 Å². The molecular weight excluding hydrogens is 186 g/mol. The monoisotopic (exact) mass is 195 g/mol. The van der Waals surface area contributed by atoms with Gasteiger partial charge in [-0.15, -0.1) is 0 Å². The van der Waals surface area contributed by atoms with E-state index in [9.17, 15) is 0 Å². The molecule has 1 aliphatic heterocycles. The van der Waals surface area contributed by atoms with E-state index in [1.165, 1.54) is 0 Å². The second kappa shape index (κ2) is 3.28. The van der Waals surface area contributed by atoms with Gasteiger partial charge in [0.25, 0.3) is 0 Å². The topological polar surface area (TPSA) is 37.6 Å². The number of allylic oxidation sites excluding steroid dienone is 2. The van der Waals surface area contributed by atoms with Gasteiger partial charge in [0.1, 0.15) is 0 Å². The van der Waals surface area contributed by atoms with Gasteiger partial charge in [0.15, 0.2) is 0 Å². The van der Waals surface area contributed by atoms with Crippen molar-refractivity contribution in [3.05, 3.63) is 47.6 Å². The maximum Gasteiger partial charge on any atom is 0.0855 e. The summed E-state index contributed by atoms with van der Waals surface area (Å²) in [6.45, 7) is 0. The van der Waals surface area contributed by atoms with Gasteiger partial charge in [-0.3, -0.25) is 15.0 Å². The van der Waals surface area contributed by atoms with E-state index in [-0.39, 0.29) is 0 Å². The molecule has 1 aliphatic carbocycles. The number of hydrogen-bond donors (Lipinski definition) is 0. The van der Waals surface area contributed by atoms with E-state index in [4.69, 9.17) is 0 Å². The molecule has 0 fully saturated rings. The zero-order valence-electron chi connectivity index (χ0n) is 8.09. The molecule has 0 unspecified atom stereocenters. The van der Waals surface area contributed by atoms with Gasteiger partial charge in [0.05, 0.1) is 17.1 Å². The number of nitrogens with zero attached hydrogens (tertiary/aromatic N) is 3. The van der Waals surface area contributed by atoms with Crippen molar-refractivity contribution in [1.82, 2.24) is 4.98 Å². The van der Waals surface area contributed by atoms with Crippen molar-refractivity contribution in [1.29, 1.82) is 0 Å². The molecule has 0 N–H and O–H groups in total. The highest BCUT2D eigenvalue weighted by molar-refractivity contribution is 6.08. The number of aliphatic imine (C=N–C) groups is 2. The molecule has 15 heavy (non-hydrogen) atoms. The van der Waals surface area contributed by atoms with Crippen molar-refractivity contribution in [2.24, 2.45) is 9.98 Å². The minimum Gasteiger partial charge on any atom is -0.260 e. The highest BCUT2D eigenvalue weighted by Gasteiger charge is 2.16. The van der Waals surface area contributed by atoms with Crippen molar-refractivity contribution >= 4 is 18.0 Å². The third-order valence-corrected chi connectivity index (χ3v) is 2.46. The smallest absolute Gasteiger partial charge is 0.0855 e. The average molecular weight is 195 g/mol. The second-order valence-electron chi connectivity index (χ2n) is 3.44. The Bertz CT molecular complexity index is 521. The molecule has 0 bridgehead atoms. The van der Waals surface area contributed by atoms with Gasteiger partial charge in [0, 0.05) is 25.0 Å². The summed E-state index contributed by atoms with van der Waals surface area (Å²) in [5.74, 6) is 0. The van der Waals surface area contributed by atoms with Gasteiger partial charge < -0.3 is 0 Å². The number of fused-ring (bicyclic) bond motifs is 2. The molecule has 2 aliphatic rings. The minimum atomic E-state index is 0.768. The van der Waals surface area contributed by atoms with Crippen molar-refractivity contribution in [2.75, 3.05) is 0 Å². The predicted molar refractivity (Wildman–Crippen MR) is 61.0 cm³/mol. The van der Waals surface area contributed by atoms with Gasteiger partial charge in [-0.05, 0) is 23.8 Å². The Balaban J connectivity index is 2.17. The summed E-state index contributed by atoms with van der Waals surface area (Å²) in [6, 6.07) is 4.00. The van der Waals surface area contributed by atoms with Crippen LogP contribution in [0.1, 0.15) is 11.3 Å². The molecule has 0 saturated heterocycles. The molecule has 0 aromatic carbocycles. The molecule has 0 atom stereocenters. The Hall–Kier alpha value is -2.03. The van der Waals surface area contributed by atoms with Gasteiger partial charge in [-0.25, -0.2) is 0 Å². The van der Waals surface area contributed by atoms with E-state index in [2.05, 4.69) is 21.0 Å². The van der Waals surface area contributed by atoms with Crippen LogP contribution in [0.3, 0.4) is 0 Å². The first-order valence-electron chi connectivity index (χ1n) is 4.85. The second-order valence-corrected chi connectivity index (χ2v) is 3.44. The molecule has 1 aromatic rings. The number of hydrogen-bond acceptors (Lipinski definition) is 3. The summed E-state index contributed by atoms with van der Waals surface area (Å²) >= 11 is 0. The van der Waals surface area contributed by atoms with Gasteiger partial charge in [-0.2, -0.15) is 0 Å². The first-order chi connectivity index (χ1) is 7.43. The molecule has 0 amide bonds. The van der Waals surface area contributed by atoms with E-state index in [1.54, 1.807) is 12.4 Å². The SMILES string of the molecule is C1=CN=C2Cc3ncccc3C=C2N=C1. The van der Waals surface area contributed by atoms with E-state index in [0.29, 0.717) is 0 Å². The molecule has 2 heterocycles. The van der Waals surface area contributed by atoms with Gasteiger partial charge in [-0.1, -0.05) is 6.07 Å². The fraction of sp³-hybridized carbons (Fsp3) is 0.0833. The zero-order valence-corrected chi connectivity index (χ0v) is 8.09. The summed E-state index contributed by atoms with van der Waals surface area (Å²) in [7, 11) is 0. The standard InChI is InChI=1S/C12H9N3/c1-3-9-7-11-12(8-10(9)13-4-1)15-6-2-5-14-11/h1-7H,8H2. The number of aromatic nitrogens is 1. The maximum absolute atomic E-state index is 4.35. The molecule has 72 valence electrons. The third kappa shape index (κ3) is 1.42. The van der Waals surface area contributed by atoms with E-state index in [1.807, 2.05) is 24.4 Å². The highest BCUT2D eigenvalue weighted by Crippen LogP contribution is 2.21. The van der Waals surface area contributed by atoms with Crippen LogP contribution >= 0.6 is 0 Å². The lowest BCUT2D eigenvalue weighted by Gasteiger charge is -2.13. The lowest BCUT2D eigenvalue weighted by Crippen LogP contribution is -2.12. The van der Waals surface area contributed by atoms with Crippen LogP contribution < -0.4 is 0 Å². The van der Waals surface area contributed by atoms with Crippen LogP contribution in [0.2, 0.25) is 0 Å². The summed E-state index contributed by atoms with van der Waals surface area (Å²) in [5, 5.41) is 0. The van der Waals surface area contributed by atoms with Gasteiger partial charge >= 0.3 is 0 Å². The Morgan fingerprint density at radius 2 is 2.27 bits per heavy atom. The van der Waals surface area contributed by atoms with Gasteiger partial charge in [0.2, 0.25) is 0 Å².